The summed E-state index contributed by atoms with van der Waals surface area (Å²) < 4.78 is 5.66. The second-order valence-corrected chi connectivity index (χ2v) is 5.37. The van der Waals surface area contributed by atoms with Gasteiger partial charge in [-0.15, -0.1) is 12.6 Å². The summed E-state index contributed by atoms with van der Waals surface area (Å²) in [6.07, 6.45) is 0. The molecule has 0 saturated heterocycles. The predicted octanol–water partition coefficient (Wildman–Crippen LogP) is 2.03. The van der Waals surface area contributed by atoms with Crippen molar-refractivity contribution < 1.29 is 4.43 Å². The lowest BCUT2D eigenvalue weighted by atomic mass is 10.2. The largest absolute Gasteiger partial charge is 0.407 e. The highest BCUT2D eigenvalue weighted by atomic mass is 32.1. The molecule has 0 spiro atoms. The first kappa shape index (κ1) is 10.8. The maximum atomic E-state index is 5.66. The summed E-state index contributed by atoms with van der Waals surface area (Å²) in [4.78, 5) is 0.990. The second kappa shape index (κ2) is 4.31. The van der Waals surface area contributed by atoms with Crippen LogP contribution in [0, 0.1) is 0 Å². The van der Waals surface area contributed by atoms with E-state index in [1.165, 1.54) is 5.19 Å². The van der Waals surface area contributed by atoms with Crippen molar-refractivity contribution in [3.05, 3.63) is 24.3 Å². The first-order valence-corrected chi connectivity index (χ1v) is 5.56. The highest BCUT2D eigenvalue weighted by molar-refractivity contribution is 7.80. The van der Waals surface area contributed by atoms with Gasteiger partial charge in [0, 0.05) is 10.5 Å². The van der Waals surface area contributed by atoms with Gasteiger partial charge in [-0.05, 0) is 38.1 Å². The van der Waals surface area contributed by atoms with Gasteiger partial charge in [0.2, 0.25) is 0 Å². The molecule has 0 amide bonds. The molecule has 0 unspecified atom stereocenters. The Kier molecular flexibility index (Phi) is 3.59. The van der Waals surface area contributed by atoms with Crippen LogP contribution in [0.3, 0.4) is 0 Å². The fourth-order valence-corrected chi connectivity index (χ4v) is 1.62. The topological polar surface area (TPSA) is 9.23 Å². The van der Waals surface area contributed by atoms with E-state index < -0.39 is 0 Å². The number of benzene rings is 1. The molecule has 3 heteroatoms. The quantitative estimate of drug-likeness (QED) is 0.580. The van der Waals surface area contributed by atoms with Crippen LogP contribution in [0.25, 0.3) is 0 Å². The van der Waals surface area contributed by atoms with Gasteiger partial charge in [0.15, 0.2) is 0 Å². The van der Waals surface area contributed by atoms with Crippen LogP contribution < -0.4 is 5.19 Å². The van der Waals surface area contributed by atoms with Crippen molar-refractivity contribution in [2.75, 3.05) is 0 Å². The maximum absolute atomic E-state index is 5.66. The predicted molar refractivity (Wildman–Crippen MR) is 59.9 cm³/mol. The molecule has 1 nitrogen and oxygen atoms in total. The zero-order valence-electron chi connectivity index (χ0n) is 8.16. The minimum absolute atomic E-state index is 0.0575. The van der Waals surface area contributed by atoms with Crippen LogP contribution in [0.5, 0.6) is 0 Å². The monoisotopic (exact) mass is 210 g/mol. The van der Waals surface area contributed by atoms with E-state index in [4.69, 9.17) is 4.43 Å². The molecule has 0 aliphatic carbocycles. The van der Waals surface area contributed by atoms with Crippen molar-refractivity contribution in [1.29, 1.82) is 0 Å². The lowest BCUT2D eigenvalue weighted by Gasteiger charge is -2.18. The molecule has 0 aromatic heterocycles. The molecule has 0 aliphatic rings. The Hall–Kier alpha value is -0.253. The van der Waals surface area contributed by atoms with E-state index in [-0.39, 0.29) is 5.60 Å². The fraction of sp³-hybridized carbons (Fsp3) is 0.400. The molecule has 0 bridgehead atoms. The van der Waals surface area contributed by atoms with E-state index in [2.05, 4.69) is 33.4 Å². The van der Waals surface area contributed by atoms with Crippen molar-refractivity contribution in [3.63, 3.8) is 0 Å². The van der Waals surface area contributed by atoms with Crippen molar-refractivity contribution in [2.45, 2.75) is 31.3 Å². The summed E-state index contributed by atoms with van der Waals surface area (Å²) in [5.74, 6) is 0. The van der Waals surface area contributed by atoms with Gasteiger partial charge in [-0.2, -0.15) is 0 Å². The molecule has 0 saturated carbocycles. The van der Waals surface area contributed by atoms with Crippen LogP contribution >= 0.6 is 12.6 Å². The standard InChI is InChI=1S/C10H14OSSi/c1-10(2,3)11-13-9-6-4-8(12)5-7-9/h4-7,12H,1-3H3. The third-order valence-electron chi connectivity index (χ3n) is 1.34. The zero-order valence-corrected chi connectivity index (χ0v) is 10.1. The average molecular weight is 210 g/mol. The zero-order chi connectivity index (χ0) is 9.90. The molecule has 1 rings (SSSR count). The van der Waals surface area contributed by atoms with Gasteiger partial charge >= 0.3 is 0 Å². The lowest BCUT2D eigenvalue weighted by Crippen LogP contribution is -2.28. The summed E-state index contributed by atoms with van der Waals surface area (Å²) in [6.45, 7) is 6.19. The van der Waals surface area contributed by atoms with Crippen molar-refractivity contribution >= 4 is 27.6 Å². The average Bonchev–Trinajstić information content (AvgIpc) is 2.02. The van der Waals surface area contributed by atoms with Crippen LogP contribution in [0.1, 0.15) is 20.8 Å². The van der Waals surface area contributed by atoms with Gasteiger partial charge in [-0.1, -0.05) is 12.1 Å². The molecule has 2 radical (unpaired) electrons. The third kappa shape index (κ3) is 4.50. The van der Waals surface area contributed by atoms with Crippen LogP contribution in [0.2, 0.25) is 0 Å². The van der Waals surface area contributed by atoms with Gasteiger partial charge < -0.3 is 4.43 Å². The SMILES string of the molecule is CC(C)(C)O[Si]c1ccc(S)cc1. The highest BCUT2D eigenvalue weighted by Gasteiger charge is 2.10. The van der Waals surface area contributed by atoms with E-state index in [0.717, 1.165) is 4.90 Å². The van der Waals surface area contributed by atoms with Crippen molar-refractivity contribution in [1.82, 2.24) is 0 Å². The molecule has 0 N–H and O–H groups in total. The molecular formula is C10H14OSSi. The molecule has 0 aliphatic heterocycles. The molecule has 0 fully saturated rings. The van der Waals surface area contributed by atoms with Crippen LogP contribution in [0.15, 0.2) is 29.2 Å². The lowest BCUT2D eigenvalue weighted by molar-refractivity contribution is 0.142. The molecule has 0 atom stereocenters. The van der Waals surface area contributed by atoms with Gasteiger partial charge in [-0.3, -0.25) is 0 Å². The first-order valence-electron chi connectivity index (χ1n) is 4.20. The highest BCUT2D eigenvalue weighted by Crippen LogP contribution is 2.05. The van der Waals surface area contributed by atoms with Crippen molar-refractivity contribution in [2.24, 2.45) is 0 Å². The fourth-order valence-electron chi connectivity index (χ4n) is 0.741. The molecule has 70 valence electrons. The molecule has 1 aromatic rings. The van der Waals surface area contributed by atoms with Gasteiger partial charge in [0.05, 0.1) is 0 Å². The Balaban J connectivity index is 2.51. The number of thiol groups is 1. The van der Waals surface area contributed by atoms with E-state index in [1.54, 1.807) is 0 Å². The smallest absolute Gasteiger partial charge is 0.269 e. The minimum Gasteiger partial charge on any atom is -0.407 e. The Morgan fingerprint density at radius 2 is 1.69 bits per heavy atom. The molecule has 1 aromatic carbocycles. The summed E-state index contributed by atoms with van der Waals surface area (Å²) in [5, 5.41) is 1.22. The molecule has 13 heavy (non-hydrogen) atoms. The number of hydrogen-bond acceptors (Lipinski definition) is 2. The third-order valence-corrected chi connectivity index (χ3v) is 2.92. The van der Waals surface area contributed by atoms with E-state index >= 15 is 0 Å². The summed E-state index contributed by atoms with van der Waals surface area (Å²) in [6, 6.07) is 8.06. The Morgan fingerprint density at radius 3 is 2.15 bits per heavy atom. The number of hydrogen-bond donors (Lipinski definition) is 1. The van der Waals surface area contributed by atoms with E-state index in [9.17, 15) is 0 Å². The Labute approximate surface area is 87.9 Å². The molecule has 0 heterocycles. The molecular weight excluding hydrogens is 196 g/mol. The van der Waals surface area contributed by atoms with Crippen molar-refractivity contribution in [3.8, 4) is 0 Å². The van der Waals surface area contributed by atoms with Crippen LogP contribution in [-0.2, 0) is 4.43 Å². The summed E-state index contributed by atoms with van der Waals surface area (Å²) >= 11 is 4.22. The minimum atomic E-state index is -0.0575. The second-order valence-electron chi connectivity index (χ2n) is 3.86. The maximum Gasteiger partial charge on any atom is 0.269 e. The number of rotatable bonds is 2. The van der Waals surface area contributed by atoms with Crippen LogP contribution in [-0.4, -0.2) is 15.4 Å². The first-order chi connectivity index (χ1) is 5.97. The van der Waals surface area contributed by atoms with Gasteiger partial charge in [-0.25, -0.2) is 0 Å². The van der Waals surface area contributed by atoms with E-state index in [1.807, 2.05) is 24.3 Å². The van der Waals surface area contributed by atoms with Crippen LogP contribution in [0.4, 0.5) is 0 Å². The van der Waals surface area contributed by atoms with Gasteiger partial charge in [0.25, 0.3) is 9.76 Å². The Bertz CT molecular complexity index is 263. The summed E-state index contributed by atoms with van der Waals surface area (Å²) in [5.41, 5.74) is -0.0575. The van der Waals surface area contributed by atoms with E-state index in [0.29, 0.717) is 9.76 Å². The summed E-state index contributed by atoms with van der Waals surface area (Å²) in [7, 11) is 0.418. The normalized spacial score (nSPS) is 11.7. The Morgan fingerprint density at radius 1 is 1.15 bits per heavy atom. The van der Waals surface area contributed by atoms with Gasteiger partial charge in [0.1, 0.15) is 0 Å².